The molecular formula is C80H150NO8+. The van der Waals surface area contributed by atoms with Crippen molar-refractivity contribution < 1.29 is 42.9 Å². The summed E-state index contributed by atoms with van der Waals surface area (Å²) in [6.45, 7) is 4.82. The summed E-state index contributed by atoms with van der Waals surface area (Å²) in [5.74, 6) is -1.99. The first-order valence-corrected chi connectivity index (χ1v) is 38.8. The van der Waals surface area contributed by atoms with Gasteiger partial charge in [-0.05, 0) is 51.4 Å². The molecule has 9 nitrogen and oxygen atoms in total. The Labute approximate surface area is 553 Å². The Balaban J connectivity index is 3.92. The lowest BCUT2D eigenvalue weighted by atomic mass is 10.0. The highest BCUT2D eigenvalue weighted by Crippen LogP contribution is 2.20. The normalized spacial score (nSPS) is 12.9. The van der Waals surface area contributed by atoms with Gasteiger partial charge in [0.1, 0.15) is 13.2 Å². The zero-order valence-corrected chi connectivity index (χ0v) is 59.9. The summed E-state index contributed by atoms with van der Waals surface area (Å²) in [4.78, 5) is 37.7. The number of carboxylic acids is 1. The van der Waals surface area contributed by atoms with Gasteiger partial charge in [-0.1, -0.05) is 371 Å². The van der Waals surface area contributed by atoms with Crippen LogP contribution in [0.25, 0.3) is 0 Å². The standard InChI is InChI=1S/C80H149NO8/c1-6-8-10-12-14-16-18-20-22-24-26-28-30-31-32-33-34-35-36-37-38-39-40-41-42-43-44-45-46-47-49-50-52-54-56-58-60-62-64-66-68-70-77(82)87-74-76(75-88-80(79(84)85)86-73-72-81(3,4)5)89-78(83)71-69-67-65-63-61-59-57-55-53-51-48-29-27-25-23-21-19-17-15-13-11-9-7-2/h9,11,15,17,21,23,27,29,76,80H,6-8,10,12-14,16,18-20,22,24-26,28,30-75H2,1-5H3/p+1/b11-9-,17-15-,23-21-,29-27-. The van der Waals surface area contributed by atoms with Crippen LogP contribution in [-0.4, -0.2) is 87.4 Å². The van der Waals surface area contributed by atoms with Gasteiger partial charge in [-0.25, -0.2) is 4.79 Å². The van der Waals surface area contributed by atoms with Gasteiger partial charge in [0.15, 0.2) is 6.10 Å². The quantitative estimate of drug-likeness (QED) is 0.0211. The third kappa shape index (κ3) is 72.5. The van der Waals surface area contributed by atoms with E-state index in [4.69, 9.17) is 18.9 Å². The van der Waals surface area contributed by atoms with Gasteiger partial charge in [-0.15, -0.1) is 0 Å². The fraction of sp³-hybridized carbons (Fsp3) is 0.863. The number of rotatable bonds is 73. The first-order chi connectivity index (χ1) is 43.6. The molecule has 89 heavy (non-hydrogen) atoms. The van der Waals surface area contributed by atoms with E-state index in [1.54, 1.807) is 0 Å². The Kier molecular flexibility index (Phi) is 68.9. The molecule has 0 aliphatic carbocycles. The van der Waals surface area contributed by atoms with Crippen molar-refractivity contribution in [3.05, 3.63) is 48.6 Å². The van der Waals surface area contributed by atoms with Crippen LogP contribution in [0, 0.1) is 0 Å². The second kappa shape index (κ2) is 71.1. The number of allylic oxidation sites excluding steroid dienone is 8. The zero-order valence-electron chi connectivity index (χ0n) is 59.9. The van der Waals surface area contributed by atoms with Crippen LogP contribution in [0.5, 0.6) is 0 Å². The van der Waals surface area contributed by atoms with Gasteiger partial charge < -0.3 is 28.5 Å². The number of nitrogens with zero attached hydrogens (tertiary/aromatic N) is 1. The highest BCUT2D eigenvalue weighted by Gasteiger charge is 2.25. The molecule has 0 aliphatic rings. The van der Waals surface area contributed by atoms with E-state index < -0.39 is 24.3 Å². The number of unbranched alkanes of at least 4 members (excludes halogenated alkanes) is 50. The molecule has 0 saturated heterocycles. The van der Waals surface area contributed by atoms with E-state index in [0.717, 1.165) is 77.0 Å². The molecule has 522 valence electrons. The molecule has 0 amide bonds. The SMILES string of the molecule is CC/C=C\C/C=C\C/C=C\C/C=C\CCCCCCCCCCCCC(=O)OC(COC(=O)CCCCCCCCCCCCCCCCCCCCCCCCCCCCCCCCCCCCCCCCCCC)COC(OCC[N+](C)(C)C)C(=O)O. The Morgan fingerprint density at radius 2 is 0.640 bits per heavy atom. The minimum absolute atomic E-state index is 0.181. The number of hydrogen-bond donors (Lipinski definition) is 1. The van der Waals surface area contributed by atoms with Crippen LogP contribution in [0.15, 0.2) is 48.6 Å². The van der Waals surface area contributed by atoms with Gasteiger partial charge in [0.2, 0.25) is 0 Å². The minimum Gasteiger partial charge on any atom is -0.477 e. The number of carbonyl (C=O) groups is 3. The van der Waals surface area contributed by atoms with E-state index in [-0.39, 0.29) is 32.2 Å². The number of esters is 2. The van der Waals surface area contributed by atoms with Crippen molar-refractivity contribution in [3.63, 3.8) is 0 Å². The number of carbonyl (C=O) groups excluding carboxylic acids is 2. The van der Waals surface area contributed by atoms with E-state index in [1.165, 1.54) is 283 Å². The summed E-state index contributed by atoms with van der Waals surface area (Å²) in [6.07, 6.45) is 89.9. The lowest BCUT2D eigenvalue weighted by Crippen LogP contribution is -2.40. The molecule has 1 N–H and O–H groups in total. The maximum absolute atomic E-state index is 12.9. The van der Waals surface area contributed by atoms with Crippen LogP contribution < -0.4 is 0 Å². The van der Waals surface area contributed by atoms with E-state index >= 15 is 0 Å². The second-order valence-electron chi connectivity index (χ2n) is 27.7. The molecule has 0 bridgehead atoms. The van der Waals surface area contributed by atoms with Gasteiger partial charge in [-0.2, -0.15) is 0 Å². The molecule has 0 radical (unpaired) electrons. The average molecular weight is 1250 g/mol. The molecule has 0 fully saturated rings. The molecule has 0 aromatic heterocycles. The highest BCUT2D eigenvalue weighted by atomic mass is 16.7. The molecule has 2 unspecified atom stereocenters. The first-order valence-electron chi connectivity index (χ1n) is 38.8. The molecular weight excluding hydrogens is 1100 g/mol. The van der Waals surface area contributed by atoms with Crippen molar-refractivity contribution in [1.29, 1.82) is 0 Å². The lowest BCUT2D eigenvalue weighted by Gasteiger charge is -2.25. The average Bonchev–Trinajstić information content (AvgIpc) is 3.64. The Morgan fingerprint density at radius 3 is 0.955 bits per heavy atom. The fourth-order valence-corrected chi connectivity index (χ4v) is 11.7. The van der Waals surface area contributed by atoms with Crippen molar-refractivity contribution >= 4 is 17.9 Å². The van der Waals surface area contributed by atoms with Crippen LogP contribution in [-0.2, 0) is 33.3 Å². The van der Waals surface area contributed by atoms with Gasteiger partial charge in [-0.3, -0.25) is 9.59 Å². The molecule has 0 rings (SSSR count). The monoisotopic (exact) mass is 1250 g/mol. The molecule has 0 aliphatic heterocycles. The summed E-state index contributed by atoms with van der Waals surface area (Å²) in [7, 11) is 5.99. The summed E-state index contributed by atoms with van der Waals surface area (Å²) < 4.78 is 23.0. The van der Waals surface area contributed by atoms with Gasteiger partial charge in [0.25, 0.3) is 6.29 Å². The number of likely N-dealkylation sites (N-methyl/N-ethyl adjacent to an activating group) is 1. The first kappa shape index (κ1) is 86.2. The fourth-order valence-electron chi connectivity index (χ4n) is 11.7. The molecule has 0 aromatic rings. The third-order valence-corrected chi connectivity index (χ3v) is 17.6. The maximum Gasteiger partial charge on any atom is 0.361 e. The van der Waals surface area contributed by atoms with Crippen LogP contribution in [0.1, 0.15) is 386 Å². The second-order valence-corrected chi connectivity index (χ2v) is 27.7. The summed E-state index contributed by atoms with van der Waals surface area (Å²) in [5.41, 5.74) is 0. The third-order valence-electron chi connectivity index (χ3n) is 17.6. The van der Waals surface area contributed by atoms with E-state index in [2.05, 4.69) is 62.5 Å². The number of carboxylic acid groups (broad SMARTS) is 1. The molecule has 9 heteroatoms. The van der Waals surface area contributed by atoms with E-state index in [1.807, 2.05) is 21.1 Å². The van der Waals surface area contributed by atoms with Crippen molar-refractivity contribution in [2.45, 2.75) is 399 Å². The predicted molar refractivity (Wildman–Crippen MR) is 383 cm³/mol. The zero-order chi connectivity index (χ0) is 64.7. The predicted octanol–water partition coefficient (Wildman–Crippen LogP) is 24.5. The van der Waals surface area contributed by atoms with Gasteiger partial charge in [0, 0.05) is 12.8 Å². The Hall–Kier alpha value is -2.75. The smallest absolute Gasteiger partial charge is 0.361 e. The van der Waals surface area contributed by atoms with E-state index in [9.17, 15) is 19.5 Å². The number of hydrogen-bond acceptors (Lipinski definition) is 7. The van der Waals surface area contributed by atoms with Crippen LogP contribution >= 0.6 is 0 Å². The summed E-state index contributed by atoms with van der Waals surface area (Å²) in [5, 5.41) is 9.75. The summed E-state index contributed by atoms with van der Waals surface area (Å²) >= 11 is 0. The Morgan fingerprint density at radius 1 is 0.348 bits per heavy atom. The van der Waals surface area contributed by atoms with Crippen LogP contribution in [0.2, 0.25) is 0 Å². The van der Waals surface area contributed by atoms with Gasteiger partial charge >= 0.3 is 17.9 Å². The maximum atomic E-state index is 12.9. The minimum atomic E-state index is -1.51. The Bertz CT molecular complexity index is 1600. The number of ether oxygens (including phenoxy) is 4. The van der Waals surface area contributed by atoms with Crippen LogP contribution in [0.3, 0.4) is 0 Å². The number of quaternary nitrogens is 1. The van der Waals surface area contributed by atoms with Crippen molar-refractivity contribution in [2.24, 2.45) is 0 Å². The van der Waals surface area contributed by atoms with Crippen LogP contribution in [0.4, 0.5) is 0 Å². The molecule has 0 heterocycles. The highest BCUT2D eigenvalue weighted by molar-refractivity contribution is 5.71. The van der Waals surface area contributed by atoms with Crippen molar-refractivity contribution in [2.75, 3.05) is 47.5 Å². The van der Waals surface area contributed by atoms with Crippen molar-refractivity contribution in [3.8, 4) is 0 Å². The lowest BCUT2D eigenvalue weighted by molar-refractivity contribution is -0.870. The molecule has 2 atom stereocenters. The largest absolute Gasteiger partial charge is 0.477 e. The molecule has 0 aromatic carbocycles. The number of aliphatic carboxylic acids is 1. The molecule has 0 spiro atoms. The summed E-state index contributed by atoms with van der Waals surface area (Å²) in [6, 6.07) is 0. The van der Waals surface area contributed by atoms with Crippen molar-refractivity contribution in [1.82, 2.24) is 0 Å². The van der Waals surface area contributed by atoms with E-state index in [0.29, 0.717) is 17.4 Å². The topological polar surface area (TPSA) is 108 Å². The molecule has 0 saturated carbocycles. The van der Waals surface area contributed by atoms with Gasteiger partial charge in [0.05, 0.1) is 34.4 Å².